The molecule has 0 spiro atoms. The largest absolute Gasteiger partial charge is 0.481 e. The zero-order chi connectivity index (χ0) is 23.5. The van der Waals surface area contributed by atoms with E-state index in [1.807, 2.05) is 0 Å². The van der Waals surface area contributed by atoms with Crippen LogP contribution in [0.4, 0.5) is 13.2 Å². The van der Waals surface area contributed by atoms with Crippen LogP contribution >= 0.6 is 0 Å². The van der Waals surface area contributed by atoms with Crippen LogP contribution in [0.25, 0.3) is 11.3 Å². The van der Waals surface area contributed by atoms with E-state index < -0.39 is 42.2 Å². The Morgan fingerprint density at radius 1 is 1.25 bits per heavy atom. The summed E-state index contributed by atoms with van der Waals surface area (Å²) in [4.78, 5) is 23.9. The first kappa shape index (κ1) is 23.8. The molecule has 174 valence electrons. The van der Waals surface area contributed by atoms with Crippen molar-refractivity contribution in [2.24, 2.45) is 0 Å². The average Bonchev–Trinajstić information content (AvgIpc) is 3.36. The van der Waals surface area contributed by atoms with Gasteiger partial charge in [0, 0.05) is 11.6 Å². The summed E-state index contributed by atoms with van der Waals surface area (Å²) in [6, 6.07) is 5.51. The Morgan fingerprint density at radius 2 is 1.91 bits per heavy atom. The Balaban J connectivity index is 1.99. The van der Waals surface area contributed by atoms with Gasteiger partial charge in [-0.2, -0.15) is 18.3 Å². The molecule has 0 aliphatic heterocycles. The molecular formula is C22H26F3N3O4. The van der Waals surface area contributed by atoms with Gasteiger partial charge >= 0.3 is 12.1 Å². The molecule has 1 saturated carbocycles. The number of hydrogen-bond donors (Lipinski definition) is 3. The maximum atomic E-state index is 13.6. The molecule has 7 nitrogen and oxygen atoms in total. The van der Waals surface area contributed by atoms with Crippen molar-refractivity contribution in [3.63, 3.8) is 0 Å². The molecule has 2 aromatic rings. The molecule has 1 aliphatic rings. The number of carboxylic acids is 1. The number of aliphatic carboxylic acids is 1. The molecule has 0 bridgehead atoms. The number of carboxylic acid groups (broad SMARTS) is 1. The monoisotopic (exact) mass is 453 g/mol. The maximum absolute atomic E-state index is 13.6. The van der Waals surface area contributed by atoms with Crippen LogP contribution < -0.4 is 5.32 Å². The fraction of sp³-hybridized carbons (Fsp3) is 0.500. The summed E-state index contributed by atoms with van der Waals surface area (Å²) < 4.78 is 42.4. The number of rotatable bonds is 8. The van der Waals surface area contributed by atoms with Gasteiger partial charge in [-0.3, -0.25) is 14.3 Å². The molecule has 2 atom stereocenters. The van der Waals surface area contributed by atoms with Crippen molar-refractivity contribution in [1.29, 1.82) is 0 Å². The third-order valence-corrected chi connectivity index (χ3v) is 5.53. The summed E-state index contributed by atoms with van der Waals surface area (Å²) in [5.41, 5.74) is -0.779. The molecule has 32 heavy (non-hydrogen) atoms. The first-order valence-electron chi connectivity index (χ1n) is 10.5. The standard InChI is InChI=1S/C22H26F3N3O4/c1-13(29)10-14(11-20(30)31)26-21(32)18-12-19(28(27-18)15-6-2-3-7-15)16-8-4-5-9-17(16)22(23,24)25/h4-5,8-9,12-15,29H,2-3,6-7,10-11H2,1H3,(H,26,32)(H,30,31). The van der Waals surface area contributed by atoms with E-state index in [1.54, 1.807) is 0 Å². The number of carbonyl (C=O) groups is 2. The Bertz CT molecular complexity index is 966. The topological polar surface area (TPSA) is 104 Å². The molecule has 1 aromatic heterocycles. The smallest absolute Gasteiger partial charge is 0.417 e. The predicted octanol–water partition coefficient (Wildman–Crippen LogP) is 4.03. The number of nitrogens with zero attached hydrogens (tertiary/aromatic N) is 2. The molecule has 2 unspecified atom stereocenters. The van der Waals surface area contributed by atoms with Gasteiger partial charge in [0.05, 0.1) is 29.8 Å². The summed E-state index contributed by atoms with van der Waals surface area (Å²) in [6.45, 7) is 1.47. The highest BCUT2D eigenvalue weighted by molar-refractivity contribution is 5.94. The Kier molecular flexibility index (Phi) is 7.22. The maximum Gasteiger partial charge on any atom is 0.417 e. The van der Waals surface area contributed by atoms with E-state index in [-0.39, 0.29) is 29.4 Å². The number of benzene rings is 1. The minimum Gasteiger partial charge on any atom is -0.481 e. The fourth-order valence-corrected chi connectivity index (χ4v) is 4.16. The molecule has 1 aromatic carbocycles. The third kappa shape index (κ3) is 5.67. The van der Waals surface area contributed by atoms with Gasteiger partial charge in [-0.15, -0.1) is 0 Å². The van der Waals surface area contributed by atoms with Crippen LogP contribution in [0.15, 0.2) is 30.3 Å². The highest BCUT2D eigenvalue weighted by Crippen LogP contribution is 2.40. The third-order valence-electron chi connectivity index (χ3n) is 5.53. The number of aliphatic hydroxyl groups is 1. The van der Waals surface area contributed by atoms with Crippen molar-refractivity contribution in [2.75, 3.05) is 0 Å². The highest BCUT2D eigenvalue weighted by atomic mass is 19.4. The molecule has 3 rings (SSSR count). The van der Waals surface area contributed by atoms with E-state index in [1.165, 1.54) is 35.9 Å². The van der Waals surface area contributed by atoms with E-state index in [4.69, 9.17) is 5.11 Å². The lowest BCUT2D eigenvalue weighted by Gasteiger charge is -2.18. The van der Waals surface area contributed by atoms with Gasteiger partial charge in [0.2, 0.25) is 0 Å². The molecule has 0 radical (unpaired) electrons. The molecule has 10 heteroatoms. The lowest BCUT2D eigenvalue weighted by Crippen LogP contribution is -2.38. The zero-order valence-electron chi connectivity index (χ0n) is 17.6. The van der Waals surface area contributed by atoms with Gasteiger partial charge in [-0.05, 0) is 38.3 Å². The number of carbonyl (C=O) groups excluding carboxylic acids is 1. The minimum absolute atomic E-state index is 0.0190. The van der Waals surface area contributed by atoms with Crippen molar-refractivity contribution < 1.29 is 33.0 Å². The first-order chi connectivity index (χ1) is 15.1. The van der Waals surface area contributed by atoms with Gasteiger partial charge in [0.25, 0.3) is 5.91 Å². The van der Waals surface area contributed by atoms with E-state index in [0.29, 0.717) is 0 Å². The van der Waals surface area contributed by atoms with E-state index >= 15 is 0 Å². The van der Waals surface area contributed by atoms with Crippen molar-refractivity contribution in [3.05, 3.63) is 41.6 Å². The second-order valence-corrected chi connectivity index (χ2v) is 8.19. The highest BCUT2D eigenvalue weighted by Gasteiger charge is 2.35. The van der Waals surface area contributed by atoms with Crippen molar-refractivity contribution >= 4 is 11.9 Å². The molecule has 1 aliphatic carbocycles. The molecular weight excluding hydrogens is 427 g/mol. The Hall–Kier alpha value is -2.88. The number of amides is 1. The predicted molar refractivity (Wildman–Crippen MR) is 110 cm³/mol. The van der Waals surface area contributed by atoms with Crippen LogP contribution in [-0.2, 0) is 11.0 Å². The summed E-state index contributed by atoms with van der Waals surface area (Å²) in [5.74, 6) is -1.84. The average molecular weight is 453 g/mol. The number of halogens is 3. The quantitative estimate of drug-likeness (QED) is 0.560. The van der Waals surface area contributed by atoms with Gasteiger partial charge in [0.15, 0.2) is 5.69 Å². The number of nitrogens with one attached hydrogen (secondary N) is 1. The molecule has 3 N–H and O–H groups in total. The molecule has 1 heterocycles. The number of aromatic nitrogens is 2. The fourth-order valence-electron chi connectivity index (χ4n) is 4.16. The van der Waals surface area contributed by atoms with Crippen LogP contribution in [0.5, 0.6) is 0 Å². The summed E-state index contributed by atoms with van der Waals surface area (Å²) in [7, 11) is 0. The summed E-state index contributed by atoms with van der Waals surface area (Å²) in [6.07, 6.45) is -2.47. The normalized spacial score (nSPS) is 16.7. The first-order valence-corrected chi connectivity index (χ1v) is 10.5. The summed E-state index contributed by atoms with van der Waals surface area (Å²) >= 11 is 0. The second kappa shape index (κ2) is 9.72. The van der Waals surface area contributed by atoms with E-state index in [2.05, 4.69) is 10.4 Å². The SMILES string of the molecule is CC(O)CC(CC(=O)O)NC(=O)c1cc(-c2ccccc2C(F)(F)F)n(C2CCCC2)n1. The molecule has 1 fully saturated rings. The minimum atomic E-state index is -4.58. The van der Waals surface area contributed by atoms with Crippen LogP contribution in [0.1, 0.15) is 67.5 Å². The van der Waals surface area contributed by atoms with Crippen LogP contribution in [0.3, 0.4) is 0 Å². The molecule has 0 saturated heterocycles. The molecule has 1 amide bonds. The van der Waals surface area contributed by atoms with Crippen molar-refractivity contribution in [3.8, 4) is 11.3 Å². The van der Waals surface area contributed by atoms with E-state index in [0.717, 1.165) is 31.7 Å². The van der Waals surface area contributed by atoms with Gasteiger partial charge in [-0.1, -0.05) is 31.0 Å². The Morgan fingerprint density at radius 3 is 2.50 bits per heavy atom. The van der Waals surface area contributed by atoms with Crippen LogP contribution in [-0.4, -0.2) is 44.0 Å². The number of aliphatic hydroxyl groups excluding tert-OH is 1. The zero-order valence-corrected chi connectivity index (χ0v) is 17.6. The van der Waals surface area contributed by atoms with Gasteiger partial charge in [0.1, 0.15) is 0 Å². The van der Waals surface area contributed by atoms with Crippen molar-refractivity contribution in [1.82, 2.24) is 15.1 Å². The number of alkyl halides is 3. The van der Waals surface area contributed by atoms with Gasteiger partial charge < -0.3 is 15.5 Å². The number of hydrogen-bond acceptors (Lipinski definition) is 4. The van der Waals surface area contributed by atoms with Crippen LogP contribution in [0, 0.1) is 0 Å². The lowest BCUT2D eigenvalue weighted by molar-refractivity contribution is -0.138. The van der Waals surface area contributed by atoms with Gasteiger partial charge in [-0.25, -0.2) is 0 Å². The Labute approximate surface area is 183 Å². The van der Waals surface area contributed by atoms with E-state index in [9.17, 15) is 27.9 Å². The second-order valence-electron chi connectivity index (χ2n) is 8.19. The lowest BCUT2D eigenvalue weighted by atomic mass is 10.0. The van der Waals surface area contributed by atoms with Crippen LogP contribution in [0.2, 0.25) is 0 Å². The van der Waals surface area contributed by atoms with Crippen molar-refractivity contribution in [2.45, 2.75) is 69.8 Å². The summed E-state index contributed by atoms with van der Waals surface area (Å²) in [5, 5.41) is 25.5.